The first kappa shape index (κ1) is 22.6. The van der Waals surface area contributed by atoms with E-state index in [1.54, 1.807) is 13.8 Å². The quantitative estimate of drug-likeness (QED) is 0.640. The highest BCUT2D eigenvalue weighted by atomic mass is 32.2. The number of rotatable bonds is 7. The van der Waals surface area contributed by atoms with Crippen molar-refractivity contribution in [1.29, 1.82) is 0 Å². The molecule has 0 heterocycles. The van der Waals surface area contributed by atoms with Crippen molar-refractivity contribution in [2.75, 3.05) is 5.32 Å². The number of hydrogen-bond acceptors (Lipinski definition) is 4. The molecule has 29 heavy (non-hydrogen) atoms. The first-order valence-electron chi connectivity index (χ1n) is 9.27. The molecule has 2 rings (SSSR count). The van der Waals surface area contributed by atoms with Crippen molar-refractivity contribution in [2.45, 2.75) is 45.1 Å². The highest BCUT2D eigenvalue weighted by molar-refractivity contribution is 7.89. The number of carbonyl (C=O) groups is 2. The van der Waals surface area contributed by atoms with E-state index in [2.05, 4.69) is 10.6 Å². The number of nitrogens with two attached hydrogens (primary N) is 1. The Kier molecular flexibility index (Phi) is 7.16. The maximum absolute atomic E-state index is 12.9. The molecule has 0 aliphatic heterocycles. The third kappa shape index (κ3) is 6.13. The maximum Gasteiger partial charge on any atom is 0.247 e. The predicted molar refractivity (Wildman–Crippen MR) is 113 cm³/mol. The third-order valence-corrected chi connectivity index (χ3v) is 5.59. The average molecular weight is 418 g/mol. The Morgan fingerprint density at radius 3 is 2.24 bits per heavy atom. The lowest BCUT2D eigenvalue weighted by Crippen LogP contribution is -2.47. The van der Waals surface area contributed by atoms with Crippen LogP contribution in [0.2, 0.25) is 0 Å². The molecule has 0 saturated carbocycles. The number of benzene rings is 2. The van der Waals surface area contributed by atoms with E-state index in [-0.39, 0.29) is 23.1 Å². The molecule has 156 valence electrons. The fourth-order valence-electron chi connectivity index (χ4n) is 2.87. The lowest BCUT2D eigenvalue weighted by Gasteiger charge is -2.23. The minimum absolute atomic E-state index is 0.0786. The van der Waals surface area contributed by atoms with Crippen LogP contribution >= 0.6 is 0 Å². The summed E-state index contributed by atoms with van der Waals surface area (Å²) in [6.07, 6.45) is 0.163. The molecule has 0 bridgehead atoms. The van der Waals surface area contributed by atoms with Crippen LogP contribution < -0.4 is 15.8 Å². The van der Waals surface area contributed by atoms with Crippen LogP contribution in [0.25, 0.3) is 0 Å². The normalized spacial score (nSPS) is 12.5. The maximum atomic E-state index is 12.9. The van der Waals surface area contributed by atoms with Crippen molar-refractivity contribution in [3.63, 3.8) is 0 Å². The molecule has 2 amide bonds. The SMILES string of the molecule is Cc1cc(S(N)(=O)=O)cc(NC(=O)[C@@H](NC(=O)Cc2ccccc2)C(C)C)c1C. The average Bonchev–Trinajstić information content (AvgIpc) is 2.63. The Morgan fingerprint density at radius 2 is 1.69 bits per heavy atom. The van der Waals surface area contributed by atoms with E-state index < -0.39 is 22.0 Å². The van der Waals surface area contributed by atoms with Gasteiger partial charge in [0.05, 0.1) is 11.3 Å². The topological polar surface area (TPSA) is 118 Å². The van der Waals surface area contributed by atoms with Crippen LogP contribution in [0.4, 0.5) is 5.69 Å². The standard InChI is InChI=1S/C21H27N3O4S/c1-13(2)20(24-19(25)11-16-8-6-5-7-9-16)21(26)23-18-12-17(29(22,27)28)10-14(3)15(18)4/h5-10,12-13,20H,11H2,1-4H3,(H,23,26)(H,24,25)(H2,22,27,28)/t20-/m0/s1. The summed E-state index contributed by atoms with van der Waals surface area (Å²) in [5, 5.41) is 10.7. The molecule has 0 saturated heterocycles. The molecule has 0 spiro atoms. The summed E-state index contributed by atoms with van der Waals surface area (Å²) in [4.78, 5) is 25.2. The molecule has 4 N–H and O–H groups in total. The summed E-state index contributed by atoms with van der Waals surface area (Å²) in [5.74, 6) is -0.857. The molecule has 8 heteroatoms. The van der Waals surface area contributed by atoms with Gasteiger partial charge in [0.25, 0.3) is 0 Å². The molecule has 0 radical (unpaired) electrons. The van der Waals surface area contributed by atoms with Gasteiger partial charge in [0.2, 0.25) is 21.8 Å². The zero-order valence-electron chi connectivity index (χ0n) is 17.0. The van der Waals surface area contributed by atoms with Crippen molar-refractivity contribution < 1.29 is 18.0 Å². The number of anilines is 1. The van der Waals surface area contributed by atoms with Gasteiger partial charge in [0, 0.05) is 5.69 Å². The lowest BCUT2D eigenvalue weighted by molar-refractivity contribution is -0.127. The summed E-state index contributed by atoms with van der Waals surface area (Å²) >= 11 is 0. The fraction of sp³-hybridized carbons (Fsp3) is 0.333. The molecule has 2 aromatic rings. The molecular formula is C21H27N3O4S. The summed E-state index contributed by atoms with van der Waals surface area (Å²) < 4.78 is 23.4. The van der Waals surface area contributed by atoms with Crippen molar-refractivity contribution in [2.24, 2.45) is 11.1 Å². The molecule has 0 unspecified atom stereocenters. The Hall–Kier alpha value is -2.71. The number of sulfonamides is 1. The number of aryl methyl sites for hydroxylation is 1. The monoisotopic (exact) mass is 417 g/mol. The number of amides is 2. The van der Waals surface area contributed by atoms with Crippen LogP contribution in [0.3, 0.4) is 0 Å². The molecule has 0 aliphatic rings. The zero-order chi connectivity index (χ0) is 21.8. The summed E-state index contributed by atoms with van der Waals surface area (Å²) in [6, 6.07) is 11.3. The van der Waals surface area contributed by atoms with Gasteiger partial charge >= 0.3 is 0 Å². The van der Waals surface area contributed by atoms with Gasteiger partial charge in [-0.3, -0.25) is 9.59 Å². The van der Waals surface area contributed by atoms with Crippen molar-refractivity contribution in [3.8, 4) is 0 Å². The van der Waals surface area contributed by atoms with Gasteiger partial charge in [-0.25, -0.2) is 13.6 Å². The first-order chi connectivity index (χ1) is 13.5. The van der Waals surface area contributed by atoms with E-state index in [0.717, 1.165) is 11.1 Å². The van der Waals surface area contributed by atoms with E-state index in [0.29, 0.717) is 11.3 Å². The largest absolute Gasteiger partial charge is 0.344 e. The fourth-order valence-corrected chi connectivity index (χ4v) is 3.49. The van der Waals surface area contributed by atoms with E-state index >= 15 is 0 Å². The number of carbonyl (C=O) groups excluding carboxylic acids is 2. The van der Waals surface area contributed by atoms with Gasteiger partial charge in [-0.15, -0.1) is 0 Å². The minimum atomic E-state index is -3.91. The van der Waals surface area contributed by atoms with E-state index in [4.69, 9.17) is 5.14 Å². The number of primary sulfonamides is 1. The second kappa shape index (κ2) is 9.19. The minimum Gasteiger partial charge on any atom is -0.344 e. The smallest absolute Gasteiger partial charge is 0.247 e. The molecule has 7 nitrogen and oxygen atoms in total. The van der Waals surface area contributed by atoms with Gasteiger partial charge in [0.15, 0.2) is 0 Å². The molecule has 0 aliphatic carbocycles. The van der Waals surface area contributed by atoms with Gasteiger partial charge in [-0.1, -0.05) is 44.2 Å². The molecule has 0 aromatic heterocycles. The van der Waals surface area contributed by atoms with E-state index in [9.17, 15) is 18.0 Å². The van der Waals surface area contributed by atoms with Crippen molar-refractivity contribution in [3.05, 3.63) is 59.2 Å². The van der Waals surface area contributed by atoms with Crippen LogP contribution in [-0.4, -0.2) is 26.3 Å². The molecule has 1 atom stereocenters. The highest BCUT2D eigenvalue weighted by Gasteiger charge is 2.25. The van der Waals surface area contributed by atoms with Gasteiger partial charge in [-0.05, 0) is 48.6 Å². The van der Waals surface area contributed by atoms with Gasteiger partial charge < -0.3 is 10.6 Å². The molecule has 0 fully saturated rings. The molecular weight excluding hydrogens is 390 g/mol. The van der Waals surface area contributed by atoms with Crippen LogP contribution in [0, 0.1) is 19.8 Å². The Labute approximate surface area is 171 Å². The van der Waals surface area contributed by atoms with Gasteiger partial charge in [0.1, 0.15) is 6.04 Å². The van der Waals surface area contributed by atoms with Crippen molar-refractivity contribution >= 4 is 27.5 Å². The number of nitrogens with one attached hydrogen (secondary N) is 2. The Balaban J connectivity index is 2.20. The Morgan fingerprint density at radius 1 is 1.07 bits per heavy atom. The predicted octanol–water partition coefficient (Wildman–Crippen LogP) is 2.27. The summed E-state index contributed by atoms with van der Waals surface area (Å²) in [6.45, 7) is 7.16. The third-order valence-electron chi connectivity index (χ3n) is 4.70. The lowest BCUT2D eigenvalue weighted by atomic mass is 10.0. The molecule has 2 aromatic carbocycles. The second-order valence-electron chi connectivity index (χ2n) is 7.40. The van der Waals surface area contributed by atoms with E-state index in [1.165, 1.54) is 12.1 Å². The van der Waals surface area contributed by atoms with Crippen LogP contribution in [-0.2, 0) is 26.0 Å². The first-order valence-corrected chi connectivity index (χ1v) is 10.8. The Bertz CT molecular complexity index is 1000. The number of hydrogen-bond donors (Lipinski definition) is 3. The second-order valence-corrected chi connectivity index (χ2v) is 8.96. The zero-order valence-corrected chi connectivity index (χ0v) is 17.8. The van der Waals surface area contributed by atoms with Gasteiger partial charge in [-0.2, -0.15) is 0 Å². The van der Waals surface area contributed by atoms with Crippen LogP contribution in [0.1, 0.15) is 30.5 Å². The van der Waals surface area contributed by atoms with Crippen LogP contribution in [0.15, 0.2) is 47.4 Å². The van der Waals surface area contributed by atoms with Crippen LogP contribution in [0.5, 0.6) is 0 Å². The van der Waals surface area contributed by atoms with E-state index in [1.807, 2.05) is 44.2 Å². The highest BCUT2D eigenvalue weighted by Crippen LogP contribution is 2.24. The van der Waals surface area contributed by atoms with Crippen molar-refractivity contribution in [1.82, 2.24) is 5.32 Å². The summed E-state index contributed by atoms with van der Waals surface area (Å²) in [5.41, 5.74) is 2.60. The summed E-state index contributed by atoms with van der Waals surface area (Å²) in [7, 11) is -3.91.